The van der Waals surface area contributed by atoms with E-state index in [1.54, 1.807) is 0 Å². The molecule has 1 amide bonds. The number of nitrogens with one attached hydrogen (secondary N) is 1. The summed E-state index contributed by atoms with van der Waals surface area (Å²) in [6, 6.07) is 10.4. The number of likely N-dealkylation sites (N-methyl/N-ethyl adjacent to an activating group) is 1. The van der Waals surface area contributed by atoms with Crippen molar-refractivity contribution in [3.8, 4) is 0 Å². The highest BCUT2D eigenvalue weighted by Gasteiger charge is 2.25. The lowest BCUT2D eigenvalue weighted by atomic mass is 10.3. The largest absolute Gasteiger partial charge is 0.301 e. The smallest absolute Gasteiger partial charge is 0.252 e. The van der Waals surface area contributed by atoms with E-state index in [1.807, 2.05) is 24.3 Å². The van der Waals surface area contributed by atoms with Gasteiger partial charge in [0.2, 0.25) is 5.91 Å². The van der Waals surface area contributed by atoms with Crippen molar-refractivity contribution in [2.24, 2.45) is 0 Å². The Kier molecular flexibility index (Phi) is 4.88. The van der Waals surface area contributed by atoms with Crippen molar-refractivity contribution in [2.75, 3.05) is 18.9 Å². The van der Waals surface area contributed by atoms with Crippen LogP contribution in [0.1, 0.15) is 0 Å². The summed E-state index contributed by atoms with van der Waals surface area (Å²) in [6.07, 6.45) is 0. The molecule has 1 aromatic carbocycles. The van der Waals surface area contributed by atoms with E-state index >= 15 is 0 Å². The summed E-state index contributed by atoms with van der Waals surface area (Å²) in [5, 5.41) is 3.07. The Balaban J connectivity index is 1.69. The van der Waals surface area contributed by atoms with Gasteiger partial charge in [0.1, 0.15) is 4.21 Å². The summed E-state index contributed by atoms with van der Waals surface area (Å²) < 4.78 is 27.1. The van der Waals surface area contributed by atoms with E-state index < -0.39 is 15.9 Å². The molecule has 0 fully saturated rings. The van der Waals surface area contributed by atoms with Gasteiger partial charge in [-0.05, 0) is 24.3 Å². The number of thiazole rings is 1. The maximum Gasteiger partial charge on any atom is 0.252 e. The third kappa shape index (κ3) is 3.60. The second kappa shape index (κ2) is 6.77. The molecule has 1 N–H and O–H groups in total. The molecule has 3 rings (SSSR count). The Morgan fingerprint density at radius 1 is 1.25 bits per heavy atom. The van der Waals surface area contributed by atoms with E-state index in [1.165, 1.54) is 30.5 Å². The summed E-state index contributed by atoms with van der Waals surface area (Å²) in [4.78, 5) is 16.4. The van der Waals surface area contributed by atoms with Crippen LogP contribution in [0.3, 0.4) is 0 Å². The molecule has 0 radical (unpaired) electrons. The predicted octanol–water partition coefficient (Wildman–Crippen LogP) is 3.27. The molecule has 0 spiro atoms. The fraction of sp³-hybridized carbons (Fsp3) is 0.143. The monoisotopic (exact) mass is 401 g/mol. The summed E-state index contributed by atoms with van der Waals surface area (Å²) in [5.74, 6) is -0.456. The van der Waals surface area contributed by atoms with Crippen molar-refractivity contribution in [3.05, 3.63) is 40.7 Å². The molecule has 0 aliphatic carbocycles. The van der Waals surface area contributed by atoms with Crippen molar-refractivity contribution in [2.45, 2.75) is 4.21 Å². The highest BCUT2D eigenvalue weighted by atomic mass is 35.5. The molecule has 126 valence electrons. The molecule has 10 heteroatoms. The van der Waals surface area contributed by atoms with Crippen LogP contribution in [0, 0.1) is 0 Å². The molecular weight excluding hydrogens is 390 g/mol. The first kappa shape index (κ1) is 17.3. The summed E-state index contributed by atoms with van der Waals surface area (Å²) in [6.45, 7) is -0.312. The minimum atomic E-state index is -3.74. The van der Waals surface area contributed by atoms with Crippen molar-refractivity contribution >= 4 is 65.6 Å². The Morgan fingerprint density at radius 3 is 2.67 bits per heavy atom. The Labute approximate surface area is 151 Å². The van der Waals surface area contributed by atoms with Crippen LogP contribution in [-0.2, 0) is 14.8 Å². The number of hydrogen-bond donors (Lipinski definition) is 1. The first-order valence-corrected chi connectivity index (χ1v) is 10.2. The van der Waals surface area contributed by atoms with Crippen molar-refractivity contribution in [1.29, 1.82) is 0 Å². The Bertz CT molecular complexity index is 964. The maximum atomic E-state index is 12.4. The van der Waals surface area contributed by atoms with E-state index in [4.69, 9.17) is 11.6 Å². The number of anilines is 1. The van der Waals surface area contributed by atoms with Gasteiger partial charge in [-0.3, -0.25) is 4.79 Å². The minimum absolute atomic E-state index is 0.0998. The number of nitrogens with zero attached hydrogens (tertiary/aromatic N) is 2. The van der Waals surface area contributed by atoms with Crippen LogP contribution in [0.5, 0.6) is 0 Å². The standard InChI is InChI=1S/C14H12ClN3O3S3/c1-18(24(20,21)13-7-6-11(15)23-13)8-12(19)17-14-16-9-4-2-3-5-10(9)22-14/h2-7H,8H2,1H3,(H,16,17,19). The first-order chi connectivity index (χ1) is 11.4. The molecule has 2 aromatic heterocycles. The quantitative estimate of drug-likeness (QED) is 0.711. The van der Waals surface area contributed by atoms with Crippen molar-refractivity contribution < 1.29 is 13.2 Å². The zero-order valence-electron chi connectivity index (χ0n) is 12.4. The normalized spacial score (nSPS) is 12.0. The average Bonchev–Trinajstić information content (AvgIpc) is 3.12. The number of hydrogen-bond acceptors (Lipinski definition) is 6. The van der Waals surface area contributed by atoms with Gasteiger partial charge in [-0.1, -0.05) is 35.1 Å². The number of fused-ring (bicyclic) bond motifs is 1. The lowest BCUT2D eigenvalue weighted by molar-refractivity contribution is -0.116. The molecule has 24 heavy (non-hydrogen) atoms. The highest BCUT2D eigenvalue weighted by Crippen LogP contribution is 2.28. The van der Waals surface area contributed by atoms with E-state index in [-0.39, 0.29) is 10.8 Å². The highest BCUT2D eigenvalue weighted by molar-refractivity contribution is 7.91. The minimum Gasteiger partial charge on any atom is -0.301 e. The topological polar surface area (TPSA) is 79.4 Å². The van der Waals surface area contributed by atoms with Gasteiger partial charge in [-0.25, -0.2) is 13.4 Å². The molecule has 0 aliphatic rings. The SMILES string of the molecule is CN(CC(=O)Nc1nc2ccccc2s1)S(=O)(=O)c1ccc(Cl)s1. The molecule has 0 aliphatic heterocycles. The second-order valence-electron chi connectivity index (χ2n) is 4.85. The van der Waals surface area contributed by atoms with Gasteiger partial charge in [0.05, 0.1) is 21.1 Å². The molecule has 3 aromatic rings. The van der Waals surface area contributed by atoms with Gasteiger partial charge in [0, 0.05) is 7.05 Å². The van der Waals surface area contributed by atoms with Crippen LogP contribution in [0.25, 0.3) is 10.2 Å². The van der Waals surface area contributed by atoms with Gasteiger partial charge >= 0.3 is 0 Å². The molecular formula is C14H12ClN3O3S3. The average molecular weight is 402 g/mol. The van der Waals surface area contributed by atoms with E-state index in [0.717, 1.165) is 25.9 Å². The van der Waals surface area contributed by atoms with Gasteiger partial charge in [0.25, 0.3) is 10.0 Å². The van der Waals surface area contributed by atoms with Gasteiger partial charge in [0.15, 0.2) is 5.13 Å². The maximum absolute atomic E-state index is 12.4. The number of thiophene rings is 1. The zero-order chi connectivity index (χ0) is 17.3. The van der Waals surface area contributed by atoms with Crippen LogP contribution < -0.4 is 5.32 Å². The number of benzene rings is 1. The molecule has 0 saturated carbocycles. The van der Waals surface area contributed by atoms with Crippen LogP contribution >= 0.6 is 34.3 Å². The number of para-hydroxylation sites is 1. The zero-order valence-corrected chi connectivity index (χ0v) is 15.6. The fourth-order valence-electron chi connectivity index (χ4n) is 1.96. The number of rotatable bonds is 5. The van der Waals surface area contributed by atoms with Crippen LogP contribution in [0.2, 0.25) is 4.34 Å². The molecule has 0 unspecified atom stereocenters. The second-order valence-corrected chi connectivity index (χ2v) is 9.87. The first-order valence-electron chi connectivity index (χ1n) is 6.73. The van der Waals surface area contributed by atoms with E-state index in [2.05, 4.69) is 10.3 Å². The Morgan fingerprint density at radius 2 is 2.00 bits per heavy atom. The number of carbonyl (C=O) groups is 1. The van der Waals surface area contributed by atoms with Crippen molar-refractivity contribution in [3.63, 3.8) is 0 Å². The van der Waals surface area contributed by atoms with E-state index in [0.29, 0.717) is 9.47 Å². The number of sulfonamides is 1. The summed E-state index contributed by atoms with van der Waals surface area (Å²) >= 11 is 8.06. The third-order valence-corrected chi connectivity index (χ3v) is 7.57. The Hall–Kier alpha value is -1.52. The number of halogens is 1. The van der Waals surface area contributed by atoms with Gasteiger partial charge < -0.3 is 5.32 Å². The lowest BCUT2D eigenvalue weighted by Gasteiger charge is -2.14. The third-order valence-electron chi connectivity index (χ3n) is 3.12. The fourth-order valence-corrected chi connectivity index (χ4v) is 5.66. The molecule has 6 nitrogen and oxygen atoms in total. The number of aromatic nitrogens is 1. The number of amides is 1. The molecule has 0 saturated heterocycles. The van der Waals surface area contributed by atoms with Crippen LogP contribution in [-0.4, -0.2) is 37.2 Å². The number of carbonyl (C=O) groups excluding carboxylic acids is 1. The van der Waals surface area contributed by atoms with Gasteiger partial charge in [-0.15, -0.1) is 11.3 Å². The van der Waals surface area contributed by atoms with Crippen LogP contribution in [0.4, 0.5) is 5.13 Å². The van der Waals surface area contributed by atoms with E-state index in [9.17, 15) is 13.2 Å². The predicted molar refractivity (Wildman–Crippen MR) is 97.4 cm³/mol. The molecule has 2 heterocycles. The van der Waals surface area contributed by atoms with Gasteiger partial charge in [-0.2, -0.15) is 4.31 Å². The van der Waals surface area contributed by atoms with Crippen LogP contribution in [0.15, 0.2) is 40.6 Å². The lowest BCUT2D eigenvalue weighted by Crippen LogP contribution is -2.34. The summed E-state index contributed by atoms with van der Waals surface area (Å²) in [7, 11) is -2.39. The van der Waals surface area contributed by atoms with Crippen molar-refractivity contribution in [1.82, 2.24) is 9.29 Å². The molecule has 0 atom stereocenters. The molecule has 0 bridgehead atoms. The summed E-state index contributed by atoms with van der Waals surface area (Å²) in [5.41, 5.74) is 0.784.